The van der Waals surface area contributed by atoms with Gasteiger partial charge in [-0.1, -0.05) is 35.0 Å². The molecule has 0 saturated heterocycles. The maximum Gasteiger partial charge on any atom is 0.113 e. The average Bonchev–Trinajstić information content (AvgIpc) is 2.81. The van der Waals surface area contributed by atoms with E-state index in [4.69, 9.17) is 0 Å². The summed E-state index contributed by atoms with van der Waals surface area (Å²) in [7, 11) is 0. The Morgan fingerprint density at radius 1 is 1.11 bits per heavy atom. The molecular formula is C15H16N4. The van der Waals surface area contributed by atoms with Crippen molar-refractivity contribution >= 4 is 16.7 Å². The van der Waals surface area contributed by atoms with E-state index in [0.29, 0.717) is 6.67 Å². The van der Waals surface area contributed by atoms with Crippen LogP contribution in [-0.4, -0.2) is 15.0 Å². The van der Waals surface area contributed by atoms with Crippen LogP contribution in [0.3, 0.4) is 0 Å². The molecule has 96 valence electrons. The lowest BCUT2D eigenvalue weighted by molar-refractivity contribution is 0.655. The zero-order valence-electron chi connectivity index (χ0n) is 11.1. The van der Waals surface area contributed by atoms with Gasteiger partial charge >= 0.3 is 0 Å². The Balaban J connectivity index is 1.82. The zero-order chi connectivity index (χ0) is 13.2. The molecule has 0 aliphatic heterocycles. The molecule has 0 aliphatic rings. The standard InChI is InChI=1S/C15H16N4/c1-11-7-8-13(12(2)9-11)16-10-19-15-6-4-3-5-14(15)17-18-19/h3-9,16H,10H2,1-2H3. The number of rotatable bonds is 3. The molecule has 0 bridgehead atoms. The van der Waals surface area contributed by atoms with Crippen molar-refractivity contribution in [3.8, 4) is 0 Å². The van der Waals surface area contributed by atoms with E-state index >= 15 is 0 Å². The van der Waals surface area contributed by atoms with Crippen LogP contribution < -0.4 is 5.32 Å². The molecule has 2 aromatic carbocycles. The molecule has 3 rings (SSSR count). The molecule has 4 nitrogen and oxygen atoms in total. The summed E-state index contributed by atoms with van der Waals surface area (Å²) in [5.41, 5.74) is 5.61. The highest BCUT2D eigenvalue weighted by Gasteiger charge is 2.03. The fourth-order valence-electron chi connectivity index (χ4n) is 2.21. The minimum Gasteiger partial charge on any atom is -0.366 e. The van der Waals surface area contributed by atoms with Crippen LogP contribution in [-0.2, 0) is 6.67 Å². The Morgan fingerprint density at radius 2 is 1.95 bits per heavy atom. The van der Waals surface area contributed by atoms with Crippen LogP contribution in [0.1, 0.15) is 11.1 Å². The van der Waals surface area contributed by atoms with E-state index in [1.807, 2.05) is 28.9 Å². The third-order valence-corrected chi connectivity index (χ3v) is 3.22. The number of anilines is 1. The minimum atomic E-state index is 0.615. The summed E-state index contributed by atoms with van der Waals surface area (Å²) in [5.74, 6) is 0. The molecule has 0 radical (unpaired) electrons. The van der Waals surface area contributed by atoms with Gasteiger partial charge in [-0.3, -0.25) is 0 Å². The number of nitrogens with zero attached hydrogens (tertiary/aromatic N) is 3. The third-order valence-electron chi connectivity index (χ3n) is 3.22. The zero-order valence-corrected chi connectivity index (χ0v) is 11.1. The first-order chi connectivity index (χ1) is 9.24. The van der Waals surface area contributed by atoms with Gasteiger partial charge in [-0.25, -0.2) is 4.68 Å². The molecule has 1 N–H and O–H groups in total. The van der Waals surface area contributed by atoms with Gasteiger partial charge in [0.25, 0.3) is 0 Å². The topological polar surface area (TPSA) is 42.7 Å². The number of aryl methyl sites for hydroxylation is 2. The molecule has 1 heterocycles. The minimum absolute atomic E-state index is 0.615. The molecular weight excluding hydrogens is 236 g/mol. The summed E-state index contributed by atoms with van der Waals surface area (Å²) in [5, 5.41) is 11.7. The molecule has 1 aromatic heterocycles. The lowest BCUT2D eigenvalue weighted by atomic mass is 10.1. The van der Waals surface area contributed by atoms with E-state index in [9.17, 15) is 0 Å². The third kappa shape index (κ3) is 2.29. The molecule has 3 aromatic rings. The second-order valence-electron chi connectivity index (χ2n) is 4.73. The van der Waals surface area contributed by atoms with Crippen molar-refractivity contribution in [3.63, 3.8) is 0 Å². The van der Waals surface area contributed by atoms with Gasteiger partial charge in [0.1, 0.15) is 12.2 Å². The van der Waals surface area contributed by atoms with Gasteiger partial charge in [-0.05, 0) is 37.6 Å². The predicted molar refractivity (Wildman–Crippen MR) is 77.1 cm³/mol. The monoisotopic (exact) mass is 252 g/mol. The van der Waals surface area contributed by atoms with E-state index < -0.39 is 0 Å². The predicted octanol–water partition coefficient (Wildman–Crippen LogP) is 3.12. The van der Waals surface area contributed by atoms with Crippen LogP contribution >= 0.6 is 0 Å². The molecule has 19 heavy (non-hydrogen) atoms. The Morgan fingerprint density at radius 3 is 2.79 bits per heavy atom. The van der Waals surface area contributed by atoms with E-state index in [1.54, 1.807) is 0 Å². The first-order valence-corrected chi connectivity index (χ1v) is 6.33. The highest BCUT2D eigenvalue weighted by Crippen LogP contribution is 2.17. The fraction of sp³-hybridized carbons (Fsp3) is 0.200. The number of para-hydroxylation sites is 1. The number of aromatic nitrogens is 3. The molecule has 0 spiro atoms. The molecule has 0 aliphatic carbocycles. The van der Waals surface area contributed by atoms with E-state index in [2.05, 4.69) is 47.7 Å². The van der Waals surface area contributed by atoms with Crippen molar-refractivity contribution in [2.45, 2.75) is 20.5 Å². The molecule has 0 saturated carbocycles. The molecule has 0 fully saturated rings. The molecule has 0 unspecified atom stereocenters. The molecule has 0 atom stereocenters. The molecule has 0 amide bonds. The molecule has 4 heteroatoms. The summed E-state index contributed by atoms with van der Waals surface area (Å²) >= 11 is 0. The maximum atomic E-state index is 4.16. The normalized spacial score (nSPS) is 10.8. The van der Waals surface area contributed by atoms with Crippen LogP contribution in [0.2, 0.25) is 0 Å². The highest BCUT2D eigenvalue weighted by atomic mass is 15.4. The Kier molecular flexibility index (Phi) is 2.91. The Bertz CT molecular complexity index is 715. The van der Waals surface area contributed by atoms with Crippen molar-refractivity contribution in [2.24, 2.45) is 0 Å². The first-order valence-electron chi connectivity index (χ1n) is 6.33. The fourth-order valence-corrected chi connectivity index (χ4v) is 2.21. The SMILES string of the molecule is Cc1ccc(NCn2nnc3ccccc32)c(C)c1. The number of hydrogen-bond donors (Lipinski definition) is 1. The number of hydrogen-bond acceptors (Lipinski definition) is 3. The average molecular weight is 252 g/mol. The number of nitrogens with one attached hydrogen (secondary N) is 1. The Hall–Kier alpha value is -2.36. The van der Waals surface area contributed by atoms with Crippen molar-refractivity contribution in [1.29, 1.82) is 0 Å². The summed E-state index contributed by atoms with van der Waals surface area (Å²) in [6.07, 6.45) is 0. The second kappa shape index (κ2) is 4.72. The van der Waals surface area contributed by atoms with Crippen molar-refractivity contribution in [2.75, 3.05) is 5.32 Å². The summed E-state index contributed by atoms with van der Waals surface area (Å²) in [6.45, 7) is 4.82. The van der Waals surface area contributed by atoms with Crippen molar-refractivity contribution in [3.05, 3.63) is 53.6 Å². The lowest BCUT2D eigenvalue weighted by Crippen LogP contribution is -2.10. The van der Waals surface area contributed by atoms with Gasteiger partial charge in [0.05, 0.1) is 5.52 Å². The highest BCUT2D eigenvalue weighted by molar-refractivity contribution is 5.73. The maximum absolute atomic E-state index is 4.16. The largest absolute Gasteiger partial charge is 0.366 e. The first kappa shape index (κ1) is 11.7. The van der Waals surface area contributed by atoms with Gasteiger partial charge in [0.15, 0.2) is 0 Å². The van der Waals surface area contributed by atoms with E-state index in [-0.39, 0.29) is 0 Å². The number of fused-ring (bicyclic) bond motifs is 1. The van der Waals surface area contributed by atoms with Crippen LogP contribution in [0.4, 0.5) is 5.69 Å². The Labute approximate surface area is 112 Å². The van der Waals surface area contributed by atoms with Gasteiger partial charge in [-0.2, -0.15) is 0 Å². The van der Waals surface area contributed by atoms with Crippen molar-refractivity contribution in [1.82, 2.24) is 15.0 Å². The van der Waals surface area contributed by atoms with Crippen LogP contribution in [0.15, 0.2) is 42.5 Å². The van der Waals surface area contributed by atoms with Crippen LogP contribution in [0.5, 0.6) is 0 Å². The van der Waals surface area contributed by atoms with Crippen molar-refractivity contribution < 1.29 is 0 Å². The van der Waals surface area contributed by atoms with Gasteiger partial charge in [-0.15, -0.1) is 5.10 Å². The smallest absolute Gasteiger partial charge is 0.113 e. The van der Waals surface area contributed by atoms with Crippen LogP contribution in [0.25, 0.3) is 11.0 Å². The van der Waals surface area contributed by atoms with Gasteiger partial charge in [0.2, 0.25) is 0 Å². The van der Waals surface area contributed by atoms with Crippen LogP contribution in [0, 0.1) is 13.8 Å². The second-order valence-corrected chi connectivity index (χ2v) is 4.73. The van der Waals surface area contributed by atoms with Gasteiger partial charge in [0, 0.05) is 5.69 Å². The van der Waals surface area contributed by atoms with E-state index in [0.717, 1.165) is 16.7 Å². The quantitative estimate of drug-likeness (QED) is 0.778. The number of benzene rings is 2. The summed E-state index contributed by atoms with van der Waals surface area (Å²) < 4.78 is 1.87. The summed E-state index contributed by atoms with van der Waals surface area (Å²) in [4.78, 5) is 0. The summed E-state index contributed by atoms with van der Waals surface area (Å²) in [6, 6.07) is 14.3. The van der Waals surface area contributed by atoms with E-state index in [1.165, 1.54) is 11.1 Å². The van der Waals surface area contributed by atoms with Gasteiger partial charge < -0.3 is 5.32 Å². The lowest BCUT2D eigenvalue weighted by Gasteiger charge is -2.10.